The van der Waals surface area contributed by atoms with Gasteiger partial charge in [-0.05, 0) is 26.2 Å². The van der Waals surface area contributed by atoms with Gasteiger partial charge in [0.1, 0.15) is 0 Å². The molecular formula is C13H26N2O3S. The van der Waals surface area contributed by atoms with Crippen LogP contribution in [0.3, 0.4) is 0 Å². The lowest BCUT2D eigenvalue weighted by atomic mass is 10.1. The molecule has 1 fully saturated rings. The Hall–Kier alpha value is -0.620. The average Bonchev–Trinajstić information content (AvgIpc) is 2.63. The van der Waals surface area contributed by atoms with Gasteiger partial charge in [0, 0.05) is 19.6 Å². The van der Waals surface area contributed by atoms with Gasteiger partial charge in [0.05, 0.1) is 12.3 Å². The largest absolute Gasteiger partial charge is 0.339 e. The minimum atomic E-state index is -3.28. The maximum atomic E-state index is 12.3. The van der Waals surface area contributed by atoms with Gasteiger partial charge in [-0.2, -0.15) is 4.31 Å². The SMILES string of the molecule is CCC1CCCCCN1C(=O)CN(C)S(=O)(=O)CC. The van der Waals surface area contributed by atoms with Crippen molar-refractivity contribution < 1.29 is 13.2 Å². The molecule has 1 aliphatic heterocycles. The number of carbonyl (C=O) groups excluding carboxylic acids is 1. The Morgan fingerprint density at radius 1 is 1.26 bits per heavy atom. The van der Waals surface area contributed by atoms with Crippen molar-refractivity contribution in [1.29, 1.82) is 0 Å². The molecule has 1 unspecified atom stereocenters. The van der Waals surface area contributed by atoms with Crippen LogP contribution in [-0.4, -0.2) is 55.5 Å². The number of hydrogen-bond donors (Lipinski definition) is 0. The maximum absolute atomic E-state index is 12.3. The monoisotopic (exact) mass is 290 g/mol. The van der Waals surface area contributed by atoms with Gasteiger partial charge in [-0.25, -0.2) is 8.42 Å². The summed E-state index contributed by atoms with van der Waals surface area (Å²) in [5, 5.41) is 0. The summed E-state index contributed by atoms with van der Waals surface area (Å²) < 4.78 is 24.6. The highest BCUT2D eigenvalue weighted by molar-refractivity contribution is 7.89. The van der Waals surface area contributed by atoms with Gasteiger partial charge in [-0.15, -0.1) is 0 Å². The Balaban J connectivity index is 2.69. The lowest BCUT2D eigenvalue weighted by molar-refractivity contribution is -0.133. The predicted molar refractivity (Wildman–Crippen MR) is 76.4 cm³/mol. The van der Waals surface area contributed by atoms with Crippen molar-refractivity contribution >= 4 is 15.9 Å². The van der Waals surface area contributed by atoms with Gasteiger partial charge in [-0.1, -0.05) is 19.8 Å². The summed E-state index contributed by atoms with van der Waals surface area (Å²) in [6.45, 7) is 4.41. The first kappa shape index (κ1) is 16.4. The molecule has 1 amide bonds. The van der Waals surface area contributed by atoms with E-state index < -0.39 is 10.0 Å². The van der Waals surface area contributed by atoms with Gasteiger partial charge < -0.3 is 4.90 Å². The highest BCUT2D eigenvalue weighted by atomic mass is 32.2. The molecule has 6 heteroatoms. The van der Waals surface area contributed by atoms with E-state index in [0.29, 0.717) is 0 Å². The normalized spacial score (nSPS) is 21.5. The molecule has 5 nitrogen and oxygen atoms in total. The highest BCUT2D eigenvalue weighted by Gasteiger charge is 2.27. The van der Waals surface area contributed by atoms with E-state index >= 15 is 0 Å². The molecule has 0 aromatic heterocycles. The number of carbonyl (C=O) groups is 1. The van der Waals surface area contributed by atoms with Crippen molar-refractivity contribution in [3.05, 3.63) is 0 Å². The molecule has 0 spiro atoms. The standard InChI is InChI=1S/C13H26N2O3S/c1-4-12-9-7-6-8-10-15(12)13(16)11-14(3)19(17,18)5-2/h12H,4-11H2,1-3H3. The van der Waals surface area contributed by atoms with Gasteiger partial charge >= 0.3 is 0 Å². The third-order valence-corrected chi connectivity index (χ3v) is 5.67. The molecule has 0 radical (unpaired) electrons. The van der Waals surface area contributed by atoms with Crippen LogP contribution in [0.15, 0.2) is 0 Å². The molecule has 0 aliphatic carbocycles. The van der Waals surface area contributed by atoms with Crippen LogP contribution < -0.4 is 0 Å². The van der Waals surface area contributed by atoms with Crippen LogP contribution >= 0.6 is 0 Å². The second-order valence-electron chi connectivity index (χ2n) is 5.16. The lowest BCUT2D eigenvalue weighted by Gasteiger charge is -2.30. The van der Waals surface area contributed by atoms with Crippen molar-refractivity contribution in [2.75, 3.05) is 25.9 Å². The molecule has 1 aliphatic rings. The topological polar surface area (TPSA) is 57.7 Å². The smallest absolute Gasteiger partial charge is 0.238 e. The fraction of sp³-hybridized carbons (Fsp3) is 0.923. The second-order valence-corrected chi connectivity index (χ2v) is 7.52. The fourth-order valence-electron chi connectivity index (χ4n) is 2.53. The summed E-state index contributed by atoms with van der Waals surface area (Å²) in [4.78, 5) is 14.2. The first-order chi connectivity index (χ1) is 8.92. The lowest BCUT2D eigenvalue weighted by Crippen LogP contribution is -2.46. The summed E-state index contributed by atoms with van der Waals surface area (Å²) in [5.74, 6) is -0.0261. The molecule has 0 aromatic carbocycles. The first-order valence-corrected chi connectivity index (χ1v) is 8.76. The van der Waals surface area contributed by atoms with Crippen LogP contribution in [0.2, 0.25) is 0 Å². The third-order valence-electron chi connectivity index (χ3n) is 3.87. The van der Waals surface area contributed by atoms with Crippen LogP contribution in [-0.2, 0) is 14.8 Å². The third kappa shape index (κ3) is 4.45. The number of likely N-dealkylation sites (tertiary alicyclic amines) is 1. The summed E-state index contributed by atoms with van der Waals surface area (Å²) >= 11 is 0. The number of hydrogen-bond acceptors (Lipinski definition) is 3. The van der Waals surface area contributed by atoms with E-state index in [9.17, 15) is 13.2 Å². The van der Waals surface area contributed by atoms with Crippen molar-refractivity contribution in [2.24, 2.45) is 0 Å². The summed E-state index contributed by atoms with van der Waals surface area (Å²) in [5.41, 5.74) is 0. The molecule has 0 saturated carbocycles. The van der Waals surface area contributed by atoms with E-state index in [1.165, 1.54) is 11.4 Å². The van der Waals surface area contributed by atoms with Crippen LogP contribution in [0.25, 0.3) is 0 Å². The zero-order valence-electron chi connectivity index (χ0n) is 12.3. The number of amides is 1. The van der Waals surface area contributed by atoms with E-state index in [2.05, 4.69) is 6.92 Å². The molecule has 112 valence electrons. The molecule has 0 N–H and O–H groups in total. The molecule has 0 aromatic rings. The van der Waals surface area contributed by atoms with E-state index in [1.807, 2.05) is 4.90 Å². The van der Waals surface area contributed by atoms with Crippen LogP contribution in [0.4, 0.5) is 0 Å². The summed E-state index contributed by atoms with van der Waals surface area (Å²) in [6.07, 6.45) is 5.31. The average molecular weight is 290 g/mol. The van der Waals surface area contributed by atoms with Crippen molar-refractivity contribution in [1.82, 2.24) is 9.21 Å². The Morgan fingerprint density at radius 3 is 2.53 bits per heavy atom. The van der Waals surface area contributed by atoms with Crippen LogP contribution in [0.1, 0.15) is 46.0 Å². The van der Waals surface area contributed by atoms with Gasteiger partial charge in [0.25, 0.3) is 0 Å². The molecule has 1 heterocycles. The number of rotatable bonds is 5. The molecular weight excluding hydrogens is 264 g/mol. The van der Waals surface area contributed by atoms with Gasteiger partial charge in [0.15, 0.2) is 0 Å². The van der Waals surface area contributed by atoms with E-state index in [4.69, 9.17) is 0 Å². The Kier molecular flexibility index (Phi) is 6.26. The van der Waals surface area contributed by atoms with Gasteiger partial charge in [0.2, 0.25) is 15.9 Å². The summed E-state index contributed by atoms with van der Waals surface area (Å²) in [7, 11) is -1.80. The van der Waals surface area contributed by atoms with Crippen molar-refractivity contribution in [3.63, 3.8) is 0 Å². The summed E-state index contributed by atoms with van der Waals surface area (Å²) in [6, 6.07) is 0.271. The number of likely N-dealkylation sites (N-methyl/N-ethyl adjacent to an activating group) is 1. The fourth-order valence-corrected chi connectivity index (χ4v) is 3.28. The Morgan fingerprint density at radius 2 is 1.95 bits per heavy atom. The Labute approximate surface area is 117 Å². The molecule has 1 atom stereocenters. The minimum Gasteiger partial charge on any atom is -0.339 e. The molecule has 1 saturated heterocycles. The van der Waals surface area contributed by atoms with E-state index in [-0.39, 0.29) is 24.2 Å². The van der Waals surface area contributed by atoms with Crippen molar-refractivity contribution in [3.8, 4) is 0 Å². The zero-order chi connectivity index (χ0) is 14.5. The first-order valence-electron chi connectivity index (χ1n) is 7.15. The van der Waals surface area contributed by atoms with Crippen LogP contribution in [0, 0.1) is 0 Å². The zero-order valence-corrected chi connectivity index (χ0v) is 13.1. The molecule has 1 rings (SSSR count). The van der Waals surface area contributed by atoms with E-state index in [1.54, 1.807) is 6.92 Å². The predicted octanol–water partition coefficient (Wildman–Crippen LogP) is 1.45. The van der Waals surface area contributed by atoms with Crippen LogP contribution in [0.5, 0.6) is 0 Å². The molecule has 19 heavy (non-hydrogen) atoms. The quantitative estimate of drug-likeness (QED) is 0.770. The number of sulfonamides is 1. The molecule has 0 bridgehead atoms. The van der Waals surface area contributed by atoms with Gasteiger partial charge in [-0.3, -0.25) is 4.79 Å². The van der Waals surface area contributed by atoms with E-state index in [0.717, 1.165) is 38.6 Å². The highest BCUT2D eigenvalue weighted by Crippen LogP contribution is 2.19. The maximum Gasteiger partial charge on any atom is 0.238 e. The number of nitrogens with zero attached hydrogens (tertiary/aromatic N) is 2. The van der Waals surface area contributed by atoms with Crippen molar-refractivity contribution in [2.45, 2.75) is 52.0 Å². The Bertz CT molecular complexity index is 395. The minimum absolute atomic E-state index is 0.0350. The second kappa shape index (κ2) is 7.24.